The molecule has 1 aromatic carbocycles. The van der Waals surface area contributed by atoms with Gasteiger partial charge in [-0.25, -0.2) is 9.37 Å². The Morgan fingerprint density at radius 1 is 1.44 bits per heavy atom. The maximum Gasteiger partial charge on any atom is 0.237 e. The number of halogens is 1. The summed E-state index contributed by atoms with van der Waals surface area (Å²) in [4.78, 5) is 20.7. The van der Waals surface area contributed by atoms with Gasteiger partial charge in [0, 0.05) is 13.0 Å². The van der Waals surface area contributed by atoms with Crippen molar-refractivity contribution in [3.63, 3.8) is 0 Å². The highest BCUT2D eigenvalue weighted by Crippen LogP contribution is 2.38. The van der Waals surface area contributed by atoms with Crippen molar-refractivity contribution >= 4 is 5.91 Å². The van der Waals surface area contributed by atoms with Crippen molar-refractivity contribution in [3.8, 4) is 0 Å². The van der Waals surface area contributed by atoms with Gasteiger partial charge in [0.15, 0.2) is 0 Å². The molecule has 5 nitrogen and oxygen atoms in total. The van der Waals surface area contributed by atoms with Gasteiger partial charge in [0.2, 0.25) is 11.8 Å². The van der Waals surface area contributed by atoms with Gasteiger partial charge >= 0.3 is 0 Å². The van der Waals surface area contributed by atoms with Crippen LogP contribution in [0.15, 0.2) is 34.9 Å². The van der Waals surface area contributed by atoms with Crippen molar-refractivity contribution in [1.29, 1.82) is 0 Å². The van der Waals surface area contributed by atoms with Gasteiger partial charge in [-0.1, -0.05) is 12.1 Å². The van der Waals surface area contributed by atoms with Gasteiger partial charge in [0.05, 0.1) is 12.7 Å². The van der Waals surface area contributed by atoms with E-state index in [4.69, 9.17) is 4.42 Å². The summed E-state index contributed by atoms with van der Waals surface area (Å²) in [7, 11) is 3.76. The zero-order chi connectivity index (χ0) is 18.0. The van der Waals surface area contributed by atoms with E-state index in [9.17, 15) is 9.18 Å². The fourth-order valence-corrected chi connectivity index (χ4v) is 3.43. The molecule has 0 spiro atoms. The maximum atomic E-state index is 13.3. The first-order valence-corrected chi connectivity index (χ1v) is 8.53. The predicted octanol–water partition coefficient (Wildman–Crippen LogP) is 2.80. The van der Waals surface area contributed by atoms with Crippen LogP contribution in [0.2, 0.25) is 0 Å². The molecule has 0 saturated carbocycles. The Morgan fingerprint density at radius 3 is 2.96 bits per heavy atom. The topological polar surface area (TPSA) is 49.6 Å². The highest BCUT2D eigenvalue weighted by molar-refractivity contribution is 5.79. The van der Waals surface area contributed by atoms with E-state index in [-0.39, 0.29) is 11.7 Å². The highest BCUT2D eigenvalue weighted by Gasteiger charge is 2.44. The molecule has 1 aliphatic heterocycles. The first-order valence-electron chi connectivity index (χ1n) is 8.53. The lowest BCUT2D eigenvalue weighted by Gasteiger charge is -2.33. The second-order valence-corrected chi connectivity index (χ2v) is 7.10. The van der Waals surface area contributed by atoms with Crippen LogP contribution in [-0.4, -0.2) is 47.9 Å². The zero-order valence-electron chi connectivity index (χ0n) is 15.0. The minimum absolute atomic E-state index is 0.0786. The smallest absolute Gasteiger partial charge is 0.237 e. The molecule has 2 heterocycles. The van der Waals surface area contributed by atoms with E-state index in [2.05, 4.69) is 4.98 Å². The van der Waals surface area contributed by atoms with E-state index in [1.165, 1.54) is 12.1 Å². The van der Waals surface area contributed by atoms with Crippen LogP contribution in [0.4, 0.5) is 4.39 Å². The Balaban J connectivity index is 1.79. The molecule has 0 radical (unpaired) electrons. The van der Waals surface area contributed by atoms with E-state index in [0.717, 1.165) is 18.4 Å². The van der Waals surface area contributed by atoms with Gasteiger partial charge in [-0.15, -0.1) is 0 Å². The van der Waals surface area contributed by atoms with Crippen LogP contribution in [0, 0.1) is 5.82 Å². The van der Waals surface area contributed by atoms with Gasteiger partial charge in [-0.05, 0) is 51.6 Å². The Kier molecular flexibility index (Phi) is 4.90. The van der Waals surface area contributed by atoms with Crippen molar-refractivity contribution in [3.05, 3.63) is 53.5 Å². The van der Waals surface area contributed by atoms with Crippen molar-refractivity contribution in [2.24, 2.45) is 0 Å². The number of hydrogen-bond acceptors (Lipinski definition) is 4. The second-order valence-electron chi connectivity index (χ2n) is 7.10. The quantitative estimate of drug-likeness (QED) is 0.836. The van der Waals surface area contributed by atoms with E-state index in [1.54, 1.807) is 12.3 Å². The highest BCUT2D eigenvalue weighted by atomic mass is 19.1. The van der Waals surface area contributed by atoms with Crippen LogP contribution in [0.5, 0.6) is 0 Å². The summed E-state index contributed by atoms with van der Waals surface area (Å²) < 4.78 is 19.3. The average molecular weight is 345 g/mol. The fourth-order valence-electron chi connectivity index (χ4n) is 3.43. The van der Waals surface area contributed by atoms with Gasteiger partial charge < -0.3 is 14.2 Å². The third kappa shape index (κ3) is 3.74. The lowest BCUT2D eigenvalue weighted by Crippen LogP contribution is -2.46. The number of benzene rings is 1. The molecule has 134 valence electrons. The number of hydrogen-bond donors (Lipinski definition) is 0. The molecule has 0 N–H and O–H groups in total. The van der Waals surface area contributed by atoms with Crippen molar-refractivity contribution < 1.29 is 13.6 Å². The molecule has 25 heavy (non-hydrogen) atoms. The lowest BCUT2D eigenvalue weighted by molar-refractivity contribution is -0.136. The van der Waals surface area contributed by atoms with Gasteiger partial charge in [-0.3, -0.25) is 4.79 Å². The van der Waals surface area contributed by atoms with E-state index < -0.39 is 5.54 Å². The number of likely N-dealkylation sites (N-methyl/N-ethyl adjacent to an activating group) is 1. The van der Waals surface area contributed by atoms with E-state index >= 15 is 0 Å². The number of nitrogens with zero attached hydrogens (tertiary/aromatic N) is 3. The first-order chi connectivity index (χ1) is 11.9. The van der Waals surface area contributed by atoms with Crippen molar-refractivity contribution in [2.45, 2.75) is 31.7 Å². The van der Waals surface area contributed by atoms with Crippen molar-refractivity contribution in [1.82, 2.24) is 14.8 Å². The minimum Gasteiger partial charge on any atom is -0.443 e. The SMILES string of the molecule is CN(C)CC(=O)N1CCC[C@]1(C)c1ncc(Cc2cccc(F)c2)o1. The van der Waals surface area contributed by atoms with Gasteiger partial charge in [0.1, 0.15) is 17.1 Å². The minimum atomic E-state index is -0.521. The summed E-state index contributed by atoms with van der Waals surface area (Å²) in [6, 6.07) is 6.45. The molecule has 1 fully saturated rings. The molecule has 1 saturated heterocycles. The van der Waals surface area contributed by atoms with Crippen molar-refractivity contribution in [2.75, 3.05) is 27.2 Å². The number of rotatable bonds is 5. The third-order valence-corrected chi connectivity index (χ3v) is 4.68. The molecular weight excluding hydrogens is 321 g/mol. The molecule has 0 unspecified atom stereocenters. The molecule has 2 aromatic rings. The molecule has 1 amide bonds. The van der Waals surface area contributed by atoms with Crippen LogP contribution >= 0.6 is 0 Å². The summed E-state index contributed by atoms with van der Waals surface area (Å²) in [5.74, 6) is 1.05. The Bertz CT molecular complexity index is 759. The number of oxazole rings is 1. The fraction of sp³-hybridized carbons (Fsp3) is 0.474. The third-order valence-electron chi connectivity index (χ3n) is 4.68. The number of carbonyl (C=O) groups excluding carboxylic acids is 1. The van der Waals surface area contributed by atoms with Crippen LogP contribution in [0.25, 0.3) is 0 Å². The monoisotopic (exact) mass is 345 g/mol. The Hall–Kier alpha value is -2.21. The standard InChI is InChI=1S/C19H24FN3O2/c1-19(8-5-9-23(19)17(24)13-22(2)3)18-21-12-16(25-18)11-14-6-4-7-15(20)10-14/h4,6-7,10,12H,5,8-9,11,13H2,1-3H3/t19-/m1/s1. The molecule has 0 bridgehead atoms. The second kappa shape index (κ2) is 6.96. The van der Waals surface area contributed by atoms with Crippen LogP contribution < -0.4 is 0 Å². The molecule has 1 aromatic heterocycles. The molecule has 6 heteroatoms. The summed E-state index contributed by atoms with van der Waals surface area (Å²) in [6.07, 6.45) is 3.91. The summed E-state index contributed by atoms with van der Waals surface area (Å²) >= 11 is 0. The first kappa shape index (κ1) is 17.6. The van der Waals surface area contributed by atoms with E-state index in [0.29, 0.717) is 31.2 Å². The number of carbonyl (C=O) groups is 1. The molecule has 0 aliphatic carbocycles. The Labute approximate surface area is 147 Å². The molecular formula is C19H24FN3O2. The maximum absolute atomic E-state index is 13.3. The lowest BCUT2D eigenvalue weighted by atomic mass is 9.99. The molecule has 1 atom stereocenters. The van der Waals surface area contributed by atoms with Crippen LogP contribution in [-0.2, 0) is 16.8 Å². The van der Waals surface area contributed by atoms with Crippen LogP contribution in [0.3, 0.4) is 0 Å². The van der Waals surface area contributed by atoms with Gasteiger partial charge in [-0.2, -0.15) is 0 Å². The average Bonchev–Trinajstić information content (AvgIpc) is 3.14. The summed E-state index contributed by atoms with van der Waals surface area (Å²) in [5.41, 5.74) is 0.313. The zero-order valence-corrected chi connectivity index (χ0v) is 15.0. The summed E-state index contributed by atoms with van der Waals surface area (Å²) in [5, 5.41) is 0. The van der Waals surface area contributed by atoms with Gasteiger partial charge in [0.25, 0.3) is 0 Å². The normalized spacial score (nSPS) is 20.4. The summed E-state index contributed by atoms with van der Waals surface area (Å²) in [6.45, 7) is 3.09. The largest absolute Gasteiger partial charge is 0.443 e. The van der Waals surface area contributed by atoms with E-state index in [1.807, 2.05) is 36.9 Å². The molecule has 3 rings (SSSR count). The number of likely N-dealkylation sites (tertiary alicyclic amines) is 1. The Morgan fingerprint density at radius 2 is 2.24 bits per heavy atom. The molecule has 1 aliphatic rings. The number of amides is 1. The van der Waals surface area contributed by atoms with Crippen LogP contribution in [0.1, 0.15) is 37.0 Å². The number of aromatic nitrogens is 1. The predicted molar refractivity (Wildman–Crippen MR) is 92.6 cm³/mol.